The summed E-state index contributed by atoms with van der Waals surface area (Å²) in [7, 11) is 0. The van der Waals surface area contributed by atoms with Gasteiger partial charge in [-0.3, -0.25) is 4.90 Å². The van der Waals surface area contributed by atoms with Crippen LogP contribution in [0.25, 0.3) is 10.9 Å². The Kier molecular flexibility index (Phi) is 3.98. The zero-order valence-corrected chi connectivity index (χ0v) is 15.2. The summed E-state index contributed by atoms with van der Waals surface area (Å²) in [5.74, 6) is 0.911. The Morgan fingerprint density at radius 3 is 2.81 bits per heavy atom. The van der Waals surface area contributed by atoms with Crippen LogP contribution in [-0.2, 0) is 4.74 Å². The number of hydrogen-bond acceptors (Lipinski definition) is 6. The maximum absolute atomic E-state index is 5.97. The quantitative estimate of drug-likeness (QED) is 0.827. The van der Waals surface area contributed by atoms with Gasteiger partial charge in [0.15, 0.2) is 0 Å². The molecular formula is C20H27N5O. The first-order valence-electron chi connectivity index (χ1n) is 9.86. The molecule has 5 rings (SSSR count). The number of rotatable bonds is 3. The number of morpholine rings is 1. The molecule has 0 bridgehead atoms. The minimum absolute atomic E-state index is 0.229. The monoisotopic (exact) mass is 353 g/mol. The summed E-state index contributed by atoms with van der Waals surface area (Å²) in [6.45, 7) is 3.15. The molecule has 1 saturated heterocycles. The molecule has 0 amide bonds. The van der Waals surface area contributed by atoms with Crippen LogP contribution in [0.15, 0.2) is 24.5 Å². The number of nitrogens with zero attached hydrogens (tertiary/aromatic N) is 3. The Hall–Kier alpha value is -1.92. The largest absolute Gasteiger partial charge is 0.399 e. The molecule has 2 saturated carbocycles. The smallest absolute Gasteiger partial charge is 0.137 e. The Balaban J connectivity index is 1.23. The molecule has 2 aliphatic carbocycles. The number of nitrogens with one attached hydrogen (secondary N) is 1. The molecule has 1 aromatic heterocycles. The first-order valence-corrected chi connectivity index (χ1v) is 9.86. The van der Waals surface area contributed by atoms with Gasteiger partial charge in [-0.1, -0.05) is 0 Å². The molecule has 2 heterocycles. The average Bonchev–Trinajstić information content (AvgIpc) is 3.41. The maximum atomic E-state index is 5.97. The molecule has 6 heteroatoms. The fourth-order valence-electron chi connectivity index (χ4n) is 4.60. The van der Waals surface area contributed by atoms with Gasteiger partial charge in [0.05, 0.1) is 17.7 Å². The van der Waals surface area contributed by atoms with Gasteiger partial charge in [0.1, 0.15) is 12.1 Å². The van der Waals surface area contributed by atoms with E-state index in [1.165, 1.54) is 38.5 Å². The van der Waals surface area contributed by atoms with Crippen molar-refractivity contribution in [2.75, 3.05) is 30.7 Å². The number of fused-ring (bicyclic) bond motifs is 1. The molecule has 3 aliphatic rings. The molecule has 2 aromatic rings. The van der Waals surface area contributed by atoms with E-state index in [9.17, 15) is 0 Å². The number of anilines is 2. The number of benzene rings is 1. The third-order valence-corrected chi connectivity index (χ3v) is 6.30. The second-order valence-corrected chi connectivity index (χ2v) is 8.15. The van der Waals surface area contributed by atoms with Gasteiger partial charge < -0.3 is 15.8 Å². The van der Waals surface area contributed by atoms with Gasteiger partial charge in [-0.25, -0.2) is 9.97 Å². The van der Waals surface area contributed by atoms with Crippen LogP contribution >= 0.6 is 0 Å². The summed E-state index contributed by atoms with van der Waals surface area (Å²) < 4.78 is 5.97. The molecule has 1 aromatic carbocycles. The van der Waals surface area contributed by atoms with E-state index in [-0.39, 0.29) is 5.60 Å². The van der Waals surface area contributed by atoms with E-state index in [4.69, 9.17) is 10.5 Å². The first-order chi connectivity index (χ1) is 12.7. The van der Waals surface area contributed by atoms with Gasteiger partial charge in [-0.05, 0) is 56.7 Å². The van der Waals surface area contributed by atoms with Gasteiger partial charge >= 0.3 is 0 Å². The molecule has 0 unspecified atom stereocenters. The van der Waals surface area contributed by atoms with Crippen molar-refractivity contribution in [1.29, 1.82) is 0 Å². The van der Waals surface area contributed by atoms with Crippen molar-refractivity contribution in [2.45, 2.75) is 56.2 Å². The number of ether oxygens (including phenoxy) is 1. The Labute approximate surface area is 154 Å². The predicted molar refractivity (Wildman–Crippen MR) is 103 cm³/mol. The molecule has 3 fully saturated rings. The van der Waals surface area contributed by atoms with Crippen LogP contribution in [0.5, 0.6) is 0 Å². The van der Waals surface area contributed by atoms with Crippen molar-refractivity contribution in [3.63, 3.8) is 0 Å². The predicted octanol–water partition coefficient (Wildman–Crippen LogP) is 2.80. The minimum atomic E-state index is 0.229. The van der Waals surface area contributed by atoms with E-state index < -0.39 is 0 Å². The summed E-state index contributed by atoms with van der Waals surface area (Å²) in [5, 5.41) is 4.67. The number of nitrogen functional groups attached to an aromatic ring is 1. The molecule has 1 aliphatic heterocycles. The van der Waals surface area contributed by atoms with Crippen LogP contribution in [0.2, 0.25) is 0 Å². The molecule has 0 radical (unpaired) electrons. The van der Waals surface area contributed by atoms with Gasteiger partial charge in [0.2, 0.25) is 0 Å². The van der Waals surface area contributed by atoms with Crippen molar-refractivity contribution in [3.8, 4) is 0 Å². The summed E-state index contributed by atoms with van der Waals surface area (Å²) in [6, 6.07) is 7.00. The van der Waals surface area contributed by atoms with E-state index >= 15 is 0 Å². The summed E-state index contributed by atoms with van der Waals surface area (Å²) >= 11 is 0. The Morgan fingerprint density at radius 2 is 2.00 bits per heavy atom. The van der Waals surface area contributed by atoms with Crippen molar-refractivity contribution >= 4 is 22.4 Å². The third-order valence-electron chi connectivity index (χ3n) is 6.30. The molecular weight excluding hydrogens is 326 g/mol. The van der Waals surface area contributed by atoms with E-state index in [1.54, 1.807) is 6.33 Å². The van der Waals surface area contributed by atoms with Crippen LogP contribution < -0.4 is 11.1 Å². The molecule has 6 nitrogen and oxygen atoms in total. The van der Waals surface area contributed by atoms with Crippen molar-refractivity contribution in [1.82, 2.24) is 14.9 Å². The van der Waals surface area contributed by atoms with E-state index in [2.05, 4.69) is 20.2 Å². The number of aromatic nitrogens is 2. The van der Waals surface area contributed by atoms with Crippen LogP contribution in [0.4, 0.5) is 11.5 Å². The summed E-state index contributed by atoms with van der Waals surface area (Å²) in [5.41, 5.74) is 7.87. The summed E-state index contributed by atoms with van der Waals surface area (Å²) in [6.07, 6.45) is 9.01. The lowest BCUT2D eigenvalue weighted by Crippen LogP contribution is -2.50. The van der Waals surface area contributed by atoms with Crippen LogP contribution in [0.1, 0.15) is 38.5 Å². The van der Waals surface area contributed by atoms with Gasteiger partial charge in [-0.15, -0.1) is 0 Å². The van der Waals surface area contributed by atoms with Gasteiger partial charge in [0, 0.05) is 36.2 Å². The molecule has 1 spiro atoms. The molecule has 138 valence electrons. The highest BCUT2D eigenvalue weighted by molar-refractivity contribution is 5.91. The van der Waals surface area contributed by atoms with Crippen LogP contribution in [0, 0.1) is 0 Å². The minimum Gasteiger partial charge on any atom is -0.399 e. The molecule has 3 N–H and O–H groups in total. The fraction of sp³-hybridized carbons (Fsp3) is 0.600. The first kappa shape index (κ1) is 16.3. The fourth-order valence-corrected chi connectivity index (χ4v) is 4.60. The van der Waals surface area contributed by atoms with Gasteiger partial charge in [0.25, 0.3) is 0 Å². The normalized spacial score (nSPS) is 28.3. The van der Waals surface area contributed by atoms with E-state index in [1.807, 2.05) is 18.2 Å². The molecule has 26 heavy (non-hydrogen) atoms. The van der Waals surface area contributed by atoms with E-state index in [0.29, 0.717) is 12.1 Å². The highest BCUT2D eigenvalue weighted by Gasteiger charge is 2.48. The van der Waals surface area contributed by atoms with E-state index in [0.717, 1.165) is 42.1 Å². The standard InChI is InChI=1S/C20H27N5O/c21-14-1-6-18-17(11-14)19(23-13-22-18)24-15-2-4-16(5-3-15)25-9-10-26-20(12-25)7-8-20/h1,6,11,13,15-16H,2-5,7-10,12,21H2,(H,22,23,24). The third kappa shape index (κ3) is 3.12. The maximum Gasteiger partial charge on any atom is 0.137 e. The number of nitrogens with two attached hydrogens (primary N) is 1. The van der Waals surface area contributed by atoms with Crippen molar-refractivity contribution in [2.24, 2.45) is 0 Å². The SMILES string of the molecule is Nc1ccc2ncnc(NC3CCC(N4CCOC5(CC5)C4)CC3)c2c1. The highest BCUT2D eigenvalue weighted by atomic mass is 16.5. The Bertz CT molecular complexity index is 798. The lowest BCUT2D eigenvalue weighted by atomic mass is 9.89. The molecule has 0 atom stereocenters. The number of hydrogen-bond donors (Lipinski definition) is 2. The van der Waals surface area contributed by atoms with Crippen molar-refractivity contribution in [3.05, 3.63) is 24.5 Å². The van der Waals surface area contributed by atoms with Gasteiger partial charge in [-0.2, -0.15) is 0 Å². The summed E-state index contributed by atoms with van der Waals surface area (Å²) in [4.78, 5) is 11.5. The van der Waals surface area contributed by atoms with Crippen molar-refractivity contribution < 1.29 is 4.74 Å². The highest BCUT2D eigenvalue weighted by Crippen LogP contribution is 2.43. The zero-order valence-electron chi connectivity index (χ0n) is 15.2. The second kappa shape index (κ2) is 6.35. The van der Waals surface area contributed by atoms with Crippen LogP contribution in [-0.4, -0.2) is 52.2 Å². The zero-order chi connectivity index (χ0) is 17.6. The topological polar surface area (TPSA) is 76.3 Å². The average molecular weight is 353 g/mol. The second-order valence-electron chi connectivity index (χ2n) is 8.15. The lowest BCUT2D eigenvalue weighted by molar-refractivity contribution is -0.0643. The van der Waals surface area contributed by atoms with Crippen LogP contribution in [0.3, 0.4) is 0 Å². The lowest BCUT2D eigenvalue weighted by Gasteiger charge is -2.41. The Morgan fingerprint density at radius 1 is 1.15 bits per heavy atom.